The van der Waals surface area contributed by atoms with Gasteiger partial charge >= 0.3 is 0 Å². The van der Waals surface area contributed by atoms with Crippen molar-refractivity contribution in [3.63, 3.8) is 0 Å². The van der Waals surface area contributed by atoms with E-state index in [1.165, 1.54) is 0 Å². The molecule has 0 fully saturated rings. The number of hydrogen-bond donors (Lipinski definition) is 2. The SMILES string of the molecule is Cc1ccccc1NC(=O)CC(=O)Nc1ccccc1Oc1ccccc1. The first-order valence-electron chi connectivity index (χ1n) is 8.59. The Bertz CT molecular complexity index is 939. The van der Waals surface area contributed by atoms with E-state index in [1.54, 1.807) is 24.3 Å². The Morgan fingerprint density at radius 1 is 0.741 bits per heavy atom. The standard InChI is InChI=1S/C22H20N2O3/c1-16-9-5-6-12-18(16)23-21(25)15-22(26)24-19-13-7-8-14-20(19)27-17-10-3-2-4-11-17/h2-14H,15H2,1H3,(H,23,25)(H,24,26). The third kappa shape index (κ3) is 5.19. The largest absolute Gasteiger partial charge is 0.455 e. The van der Waals surface area contributed by atoms with Gasteiger partial charge in [0.2, 0.25) is 11.8 Å². The van der Waals surface area contributed by atoms with Crippen LogP contribution in [0.3, 0.4) is 0 Å². The summed E-state index contributed by atoms with van der Waals surface area (Å²) in [5.74, 6) is 0.390. The number of rotatable bonds is 6. The maximum absolute atomic E-state index is 12.3. The summed E-state index contributed by atoms with van der Waals surface area (Å²) in [6, 6.07) is 23.8. The number of anilines is 2. The molecule has 27 heavy (non-hydrogen) atoms. The minimum atomic E-state index is -0.412. The first-order chi connectivity index (χ1) is 13.1. The molecule has 0 aliphatic carbocycles. The van der Waals surface area contributed by atoms with Crippen LogP contribution in [-0.2, 0) is 9.59 Å². The molecule has 3 aromatic rings. The predicted octanol–water partition coefficient (Wildman–Crippen LogP) is 4.75. The molecule has 3 aromatic carbocycles. The second-order valence-corrected chi connectivity index (χ2v) is 6.00. The van der Waals surface area contributed by atoms with E-state index in [-0.39, 0.29) is 12.3 Å². The predicted molar refractivity (Wildman–Crippen MR) is 106 cm³/mol. The van der Waals surface area contributed by atoms with Gasteiger partial charge in [-0.15, -0.1) is 0 Å². The maximum atomic E-state index is 12.3. The summed E-state index contributed by atoms with van der Waals surface area (Å²) in [6.07, 6.45) is -0.284. The van der Waals surface area contributed by atoms with Crippen LogP contribution in [0.1, 0.15) is 12.0 Å². The van der Waals surface area contributed by atoms with Gasteiger partial charge in [0.25, 0.3) is 0 Å². The van der Waals surface area contributed by atoms with E-state index in [9.17, 15) is 9.59 Å². The van der Waals surface area contributed by atoms with Crippen LogP contribution in [0.4, 0.5) is 11.4 Å². The highest BCUT2D eigenvalue weighted by Gasteiger charge is 2.13. The van der Waals surface area contributed by atoms with Gasteiger partial charge in [0.05, 0.1) is 5.69 Å². The molecule has 0 aliphatic heterocycles. The highest BCUT2D eigenvalue weighted by molar-refractivity contribution is 6.08. The van der Waals surface area contributed by atoms with E-state index in [0.29, 0.717) is 22.9 Å². The minimum Gasteiger partial charge on any atom is -0.455 e. The fourth-order valence-electron chi connectivity index (χ4n) is 2.52. The topological polar surface area (TPSA) is 67.4 Å². The molecule has 5 heteroatoms. The number of amides is 2. The van der Waals surface area contributed by atoms with Gasteiger partial charge in [0, 0.05) is 5.69 Å². The lowest BCUT2D eigenvalue weighted by atomic mass is 10.2. The average molecular weight is 360 g/mol. The van der Waals surface area contributed by atoms with Gasteiger partial charge in [-0.3, -0.25) is 9.59 Å². The van der Waals surface area contributed by atoms with E-state index < -0.39 is 5.91 Å². The number of carbonyl (C=O) groups excluding carboxylic acids is 2. The van der Waals surface area contributed by atoms with Crippen molar-refractivity contribution < 1.29 is 14.3 Å². The van der Waals surface area contributed by atoms with Gasteiger partial charge in [-0.25, -0.2) is 0 Å². The molecule has 0 radical (unpaired) electrons. The summed E-state index contributed by atoms with van der Waals surface area (Å²) >= 11 is 0. The molecule has 0 unspecified atom stereocenters. The van der Waals surface area contributed by atoms with Gasteiger partial charge in [0.15, 0.2) is 5.75 Å². The third-order valence-corrected chi connectivity index (χ3v) is 3.87. The zero-order chi connectivity index (χ0) is 19.1. The monoisotopic (exact) mass is 360 g/mol. The Balaban J connectivity index is 1.62. The van der Waals surface area contributed by atoms with Crippen molar-refractivity contribution in [3.8, 4) is 11.5 Å². The first kappa shape index (κ1) is 18.2. The summed E-state index contributed by atoms with van der Waals surface area (Å²) in [5, 5.41) is 5.49. The number of hydrogen-bond acceptors (Lipinski definition) is 3. The van der Waals surface area contributed by atoms with Gasteiger partial charge in [-0.2, -0.15) is 0 Å². The normalized spacial score (nSPS) is 10.1. The van der Waals surface area contributed by atoms with Crippen molar-refractivity contribution in [3.05, 3.63) is 84.4 Å². The van der Waals surface area contributed by atoms with Crippen LogP contribution >= 0.6 is 0 Å². The Hall–Kier alpha value is -3.60. The molecule has 0 aliphatic rings. The van der Waals surface area contributed by atoms with Crippen LogP contribution in [0.5, 0.6) is 11.5 Å². The number of aryl methyl sites for hydroxylation is 1. The van der Waals surface area contributed by atoms with E-state index in [1.807, 2.05) is 61.5 Å². The van der Waals surface area contributed by atoms with Crippen molar-refractivity contribution >= 4 is 23.2 Å². The molecule has 0 aromatic heterocycles. The Morgan fingerprint density at radius 3 is 2.00 bits per heavy atom. The zero-order valence-corrected chi connectivity index (χ0v) is 14.9. The molecule has 0 bridgehead atoms. The van der Waals surface area contributed by atoms with Crippen molar-refractivity contribution in [1.29, 1.82) is 0 Å². The van der Waals surface area contributed by atoms with Crippen LogP contribution in [0, 0.1) is 6.92 Å². The summed E-state index contributed by atoms with van der Waals surface area (Å²) in [6.45, 7) is 1.90. The fourth-order valence-corrected chi connectivity index (χ4v) is 2.52. The van der Waals surface area contributed by atoms with E-state index in [2.05, 4.69) is 10.6 Å². The molecule has 0 spiro atoms. The van der Waals surface area contributed by atoms with Gasteiger partial charge in [-0.05, 0) is 42.8 Å². The van der Waals surface area contributed by atoms with E-state index in [4.69, 9.17) is 4.74 Å². The lowest BCUT2D eigenvalue weighted by Crippen LogP contribution is -2.22. The van der Waals surface area contributed by atoms with Crippen LogP contribution in [0.15, 0.2) is 78.9 Å². The summed E-state index contributed by atoms with van der Waals surface area (Å²) in [4.78, 5) is 24.4. The molecule has 5 nitrogen and oxygen atoms in total. The molecular formula is C22H20N2O3. The highest BCUT2D eigenvalue weighted by Crippen LogP contribution is 2.29. The summed E-state index contributed by atoms with van der Waals surface area (Å²) in [5.41, 5.74) is 2.14. The smallest absolute Gasteiger partial charge is 0.233 e. The van der Waals surface area contributed by atoms with Gasteiger partial charge < -0.3 is 15.4 Å². The maximum Gasteiger partial charge on any atom is 0.233 e. The summed E-state index contributed by atoms with van der Waals surface area (Å²) in [7, 11) is 0. The second-order valence-electron chi connectivity index (χ2n) is 6.00. The van der Waals surface area contributed by atoms with Crippen LogP contribution in [-0.4, -0.2) is 11.8 Å². The third-order valence-electron chi connectivity index (χ3n) is 3.87. The molecule has 136 valence electrons. The lowest BCUT2D eigenvalue weighted by Gasteiger charge is -2.12. The quantitative estimate of drug-likeness (QED) is 0.623. The molecule has 0 atom stereocenters. The highest BCUT2D eigenvalue weighted by atomic mass is 16.5. The van der Waals surface area contributed by atoms with Crippen molar-refractivity contribution in [2.75, 3.05) is 10.6 Å². The van der Waals surface area contributed by atoms with Gasteiger partial charge in [0.1, 0.15) is 12.2 Å². The van der Waals surface area contributed by atoms with Gasteiger partial charge in [-0.1, -0.05) is 48.5 Å². The van der Waals surface area contributed by atoms with E-state index >= 15 is 0 Å². The molecule has 0 saturated heterocycles. The molecule has 0 heterocycles. The molecule has 2 amide bonds. The molecule has 0 saturated carbocycles. The van der Waals surface area contributed by atoms with Crippen molar-refractivity contribution in [2.24, 2.45) is 0 Å². The Morgan fingerprint density at radius 2 is 1.30 bits per heavy atom. The number of para-hydroxylation sites is 4. The molecular weight excluding hydrogens is 340 g/mol. The number of carbonyl (C=O) groups is 2. The van der Waals surface area contributed by atoms with Crippen molar-refractivity contribution in [1.82, 2.24) is 0 Å². The molecule has 2 N–H and O–H groups in total. The first-order valence-corrected chi connectivity index (χ1v) is 8.59. The summed E-state index contributed by atoms with van der Waals surface area (Å²) < 4.78 is 5.81. The minimum absolute atomic E-state index is 0.284. The van der Waals surface area contributed by atoms with Crippen LogP contribution < -0.4 is 15.4 Å². The number of nitrogens with one attached hydrogen (secondary N) is 2. The Kier molecular flexibility index (Phi) is 5.84. The van der Waals surface area contributed by atoms with E-state index in [0.717, 1.165) is 5.56 Å². The Labute approximate surface area is 158 Å². The van der Waals surface area contributed by atoms with Crippen molar-refractivity contribution in [2.45, 2.75) is 13.3 Å². The zero-order valence-electron chi connectivity index (χ0n) is 14.9. The number of benzene rings is 3. The molecule has 3 rings (SSSR count). The lowest BCUT2D eigenvalue weighted by molar-refractivity contribution is -0.123. The average Bonchev–Trinajstić information content (AvgIpc) is 2.66. The number of ether oxygens (including phenoxy) is 1. The second kappa shape index (κ2) is 8.67. The fraction of sp³-hybridized carbons (Fsp3) is 0.0909. The van der Waals surface area contributed by atoms with Crippen LogP contribution in [0.25, 0.3) is 0 Å². The van der Waals surface area contributed by atoms with Crippen LogP contribution in [0.2, 0.25) is 0 Å².